The number of hydrogen-bond acceptors (Lipinski definition) is 4. The number of nitrogens with zero attached hydrogens (tertiary/aromatic N) is 2. The van der Waals surface area contributed by atoms with Crippen LogP contribution in [-0.4, -0.2) is 61.8 Å². The van der Waals surface area contributed by atoms with Gasteiger partial charge in [0.05, 0.1) is 32.1 Å². The zero-order valence-electron chi connectivity index (χ0n) is 13.0. The highest BCUT2D eigenvalue weighted by Crippen LogP contribution is 2.16. The first-order chi connectivity index (χ1) is 10.5. The fraction of sp³-hybridized carbons (Fsp3) is 0.500. The number of anilines is 1. The van der Waals surface area contributed by atoms with E-state index in [1.807, 2.05) is 43.3 Å². The summed E-state index contributed by atoms with van der Waals surface area (Å²) >= 11 is 0. The first kappa shape index (κ1) is 16.3. The highest BCUT2D eigenvalue weighted by molar-refractivity contribution is 5.80. The second kappa shape index (κ2) is 7.26. The van der Waals surface area contributed by atoms with E-state index in [-0.39, 0.29) is 31.4 Å². The molecule has 1 saturated heterocycles. The molecule has 120 valence electrons. The normalized spacial score (nSPS) is 18.1. The van der Waals surface area contributed by atoms with E-state index < -0.39 is 5.97 Å². The molecule has 22 heavy (non-hydrogen) atoms. The minimum Gasteiger partial charge on any atom is -0.481 e. The van der Waals surface area contributed by atoms with Gasteiger partial charge in [-0.25, -0.2) is 0 Å². The zero-order chi connectivity index (χ0) is 16.1. The molecule has 0 aliphatic carbocycles. The third kappa shape index (κ3) is 4.21. The fourth-order valence-corrected chi connectivity index (χ4v) is 2.54. The molecule has 2 rings (SSSR count). The van der Waals surface area contributed by atoms with Crippen LogP contribution in [0.25, 0.3) is 0 Å². The van der Waals surface area contributed by atoms with E-state index in [4.69, 9.17) is 9.84 Å². The number of carbonyl (C=O) groups excluding carboxylic acids is 1. The van der Waals surface area contributed by atoms with Crippen molar-refractivity contribution in [2.24, 2.45) is 0 Å². The first-order valence-electron chi connectivity index (χ1n) is 7.32. The Bertz CT molecular complexity index is 527. The van der Waals surface area contributed by atoms with Crippen molar-refractivity contribution in [3.63, 3.8) is 0 Å². The summed E-state index contributed by atoms with van der Waals surface area (Å²) in [7, 11) is 3.93. The average Bonchev–Trinajstić information content (AvgIpc) is 2.47. The predicted octanol–water partition coefficient (Wildman–Crippen LogP) is 0.997. The Balaban J connectivity index is 2.01. The third-order valence-electron chi connectivity index (χ3n) is 3.77. The van der Waals surface area contributed by atoms with Crippen molar-refractivity contribution in [1.29, 1.82) is 0 Å². The second-order valence-electron chi connectivity index (χ2n) is 5.65. The Morgan fingerprint density at radius 3 is 2.59 bits per heavy atom. The number of hydrogen-bond donors (Lipinski definition) is 1. The van der Waals surface area contributed by atoms with Crippen LogP contribution in [0.4, 0.5) is 5.69 Å². The van der Waals surface area contributed by atoms with Crippen LogP contribution >= 0.6 is 0 Å². The molecule has 6 nitrogen and oxygen atoms in total. The Hall–Kier alpha value is -2.08. The van der Waals surface area contributed by atoms with E-state index in [1.54, 1.807) is 4.90 Å². The zero-order valence-corrected chi connectivity index (χ0v) is 13.0. The Kier molecular flexibility index (Phi) is 5.38. The van der Waals surface area contributed by atoms with E-state index in [9.17, 15) is 9.59 Å². The molecule has 1 atom stereocenters. The molecule has 1 fully saturated rings. The number of amides is 1. The molecule has 0 spiro atoms. The van der Waals surface area contributed by atoms with Gasteiger partial charge < -0.3 is 19.6 Å². The fourth-order valence-electron chi connectivity index (χ4n) is 2.54. The third-order valence-corrected chi connectivity index (χ3v) is 3.77. The topological polar surface area (TPSA) is 70.1 Å². The molecular weight excluding hydrogens is 284 g/mol. The van der Waals surface area contributed by atoms with Gasteiger partial charge in [0.1, 0.15) is 0 Å². The van der Waals surface area contributed by atoms with Gasteiger partial charge in [-0.3, -0.25) is 9.59 Å². The number of morpholine rings is 1. The number of aliphatic carboxylic acids is 1. The quantitative estimate of drug-likeness (QED) is 0.879. The lowest BCUT2D eigenvalue weighted by atomic mass is 10.1. The van der Waals surface area contributed by atoms with Crippen LogP contribution in [0.1, 0.15) is 12.0 Å². The van der Waals surface area contributed by atoms with E-state index in [2.05, 4.69) is 0 Å². The van der Waals surface area contributed by atoms with Gasteiger partial charge in [-0.1, -0.05) is 12.1 Å². The molecule has 1 N–H and O–H groups in total. The molecule has 1 aliphatic heterocycles. The smallest absolute Gasteiger partial charge is 0.305 e. The maximum absolute atomic E-state index is 12.4. The summed E-state index contributed by atoms with van der Waals surface area (Å²) < 4.78 is 5.29. The highest BCUT2D eigenvalue weighted by Gasteiger charge is 2.28. The monoisotopic (exact) mass is 306 g/mol. The number of carboxylic acid groups (broad SMARTS) is 1. The Morgan fingerprint density at radius 2 is 2.00 bits per heavy atom. The van der Waals surface area contributed by atoms with Crippen LogP contribution in [0.2, 0.25) is 0 Å². The van der Waals surface area contributed by atoms with E-state index in [0.717, 1.165) is 11.3 Å². The van der Waals surface area contributed by atoms with Gasteiger partial charge in [-0.05, 0) is 17.7 Å². The summed E-state index contributed by atoms with van der Waals surface area (Å²) in [4.78, 5) is 27.0. The van der Waals surface area contributed by atoms with Crippen LogP contribution < -0.4 is 4.90 Å². The summed E-state index contributed by atoms with van der Waals surface area (Å²) in [6, 6.07) is 7.42. The summed E-state index contributed by atoms with van der Waals surface area (Å²) in [6.07, 6.45) is 0.204. The van der Waals surface area contributed by atoms with Crippen molar-refractivity contribution in [2.75, 3.05) is 38.8 Å². The van der Waals surface area contributed by atoms with E-state index in [0.29, 0.717) is 13.2 Å². The molecular formula is C16H22N2O4. The molecule has 1 aromatic rings. The van der Waals surface area contributed by atoms with Crippen LogP contribution in [0, 0.1) is 0 Å². The number of ether oxygens (including phenoxy) is 1. The summed E-state index contributed by atoms with van der Waals surface area (Å²) in [6.45, 7) is 1.20. The van der Waals surface area contributed by atoms with Gasteiger partial charge in [0.25, 0.3) is 0 Å². The number of benzene rings is 1. The van der Waals surface area contributed by atoms with E-state index in [1.165, 1.54) is 0 Å². The van der Waals surface area contributed by atoms with Gasteiger partial charge in [-0.2, -0.15) is 0 Å². The van der Waals surface area contributed by atoms with Gasteiger partial charge >= 0.3 is 5.97 Å². The van der Waals surface area contributed by atoms with Crippen molar-refractivity contribution < 1.29 is 19.4 Å². The van der Waals surface area contributed by atoms with Crippen molar-refractivity contribution in [3.8, 4) is 0 Å². The molecule has 0 aromatic heterocycles. The SMILES string of the molecule is CN(C)c1ccc(CC(=O)N2CCOC[C@@H]2CC(=O)O)cc1. The van der Waals surface area contributed by atoms with Crippen LogP contribution in [0.5, 0.6) is 0 Å². The average molecular weight is 306 g/mol. The largest absolute Gasteiger partial charge is 0.481 e. The van der Waals surface area contributed by atoms with Crippen LogP contribution in [0.3, 0.4) is 0 Å². The van der Waals surface area contributed by atoms with Crippen molar-refractivity contribution in [2.45, 2.75) is 18.9 Å². The van der Waals surface area contributed by atoms with Gasteiger partial charge in [0.2, 0.25) is 5.91 Å². The van der Waals surface area contributed by atoms with Crippen molar-refractivity contribution >= 4 is 17.6 Å². The lowest BCUT2D eigenvalue weighted by Gasteiger charge is -2.35. The number of carboxylic acids is 1. The molecule has 1 amide bonds. The Labute approximate surface area is 130 Å². The number of rotatable bonds is 5. The lowest BCUT2D eigenvalue weighted by Crippen LogP contribution is -2.50. The second-order valence-corrected chi connectivity index (χ2v) is 5.65. The molecule has 1 aromatic carbocycles. The minimum atomic E-state index is -0.913. The lowest BCUT2D eigenvalue weighted by molar-refractivity contribution is -0.145. The molecule has 0 bridgehead atoms. The van der Waals surface area contributed by atoms with Gasteiger partial charge in [-0.15, -0.1) is 0 Å². The van der Waals surface area contributed by atoms with Crippen LogP contribution in [-0.2, 0) is 20.7 Å². The maximum atomic E-state index is 12.4. The predicted molar refractivity (Wildman–Crippen MR) is 83.0 cm³/mol. The molecule has 1 aliphatic rings. The maximum Gasteiger partial charge on any atom is 0.305 e. The van der Waals surface area contributed by atoms with Crippen molar-refractivity contribution in [1.82, 2.24) is 4.90 Å². The molecule has 0 radical (unpaired) electrons. The van der Waals surface area contributed by atoms with E-state index >= 15 is 0 Å². The van der Waals surface area contributed by atoms with Gasteiger partial charge in [0.15, 0.2) is 0 Å². The standard InChI is InChI=1S/C16H22N2O4/c1-17(2)13-5-3-12(4-6-13)9-15(19)18-7-8-22-11-14(18)10-16(20)21/h3-6,14H,7-11H2,1-2H3,(H,20,21)/t14-/m0/s1. The molecule has 6 heteroatoms. The van der Waals surface area contributed by atoms with Crippen LogP contribution in [0.15, 0.2) is 24.3 Å². The summed E-state index contributed by atoms with van der Waals surface area (Å²) in [5.41, 5.74) is 2.00. The molecule has 1 heterocycles. The Morgan fingerprint density at radius 1 is 1.32 bits per heavy atom. The highest BCUT2D eigenvalue weighted by atomic mass is 16.5. The number of carbonyl (C=O) groups is 2. The van der Waals surface area contributed by atoms with Crippen molar-refractivity contribution in [3.05, 3.63) is 29.8 Å². The van der Waals surface area contributed by atoms with Gasteiger partial charge in [0, 0.05) is 26.3 Å². The minimum absolute atomic E-state index is 0.0489. The first-order valence-corrected chi connectivity index (χ1v) is 7.32. The molecule has 0 unspecified atom stereocenters. The summed E-state index contributed by atoms with van der Waals surface area (Å²) in [5, 5.41) is 8.94. The molecule has 0 saturated carbocycles. The summed E-state index contributed by atoms with van der Waals surface area (Å²) in [5.74, 6) is -0.962.